The van der Waals surface area contributed by atoms with Crippen molar-refractivity contribution in [3.05, 3.63) is 65.0 Å². The maximum atomic E-state index is 13.8. The molecule has 0 radical (unpaired) electrons. The van der Waals surface area contributed by atoms with Crippen LogP contribution in [-0.2, 0) is 0 Å². The first kappa shape index (κ1) is 23.8. The minimum atomic E-state index is -0.582. The van der Waals surface area contributed by atoms with Gasteiger partial charge in [-0.1, -0.05) is 18.2 Å². The largest absolute Gasteiger partial charge is 0.352 e. The lowest BCUT2D eigenvalue weighted by molar-refractivity contribution is 0.0949. The Morgan fingerprint density at radius 1 is 1.10 bits per heavy atom. The number of carbonyl (C=O) groups excluding carboxylic acids is 2. The normalized spacial score (nSPS) is 13.9. The average Bonchev–Trinajstić information content (AvgIpc) is 2.73. The van der Waals surface area contributed by atoms with Gasteiger partial charge in [-0.05, 0) is 49.7 Å². The maximum Gasteiger partial charge on any atom is 0.258 e. The van der Waals surface area contributed by atoms with Crippen LogP contribution in [0.4, 0.5) is 10.1 Å². The fraction of sp³-hybridized carbons (Fsp3) is 0.364. The summed E-state index contributed by atoms with van der Waals surface area (Å²) in [6.07, 6.45) is 0.883. The molecular weight excluding hydrogens is 407 g/mol. The summed E-state index contributed by atoms with van der Waals surface area (Å²) < 4.78 is 13.8. The second kappa shape index (κ2) is 11.6. The van der Waals surface area contributed by atoms with Crippen LogP contribution in [0, 0.1) is 12.7 Å². The predicted octanol–water partition coefficient (Wildman–Crippen LogP) is 2.83. The van der Waals surface area contributed by atoms with Gasteiger partial charge < -0.3 is 20.9 Å². The van der Waals surface area contributed by atoms with Crippen LogP contribution in [0.5, 0.6) is 0 Å². The van der Waals surface area contributed by atoms with Gasteiger partial charge in [-0.3, -0.25) is 9.59 Å². The Morgan fingerprint density at radius 3 is 2.57 bits per heavy atom. The third-order valence-corrected chi connectivity index (χ3v) is 5.01. The van der Waals surface area contributed by atoms with Gasteiger partial charge in [-0.2, -0.15) is 0 Å². The molecule has 6 nitrogen and oxygen atoms in total. The van der Waals surface area contributed by atoms with Gasteiger partial charge in [0.15, 0.2) is 0 Å². The molecule has 0 bridgehead atoms. The lowest BCUT2D eigenvalue weighted by atomic mass is 10.1. The number of piperazine rings is 1. The number of carbonyl (C=O) groups is 2. The summed E-state index contributed by atoms with van der Waals surface area (Å²) in [4.78, 5) is 27.2. The zero-order valence-corrected chi connectivity index (χ0v) is 17.9. The van der Waals surface area contributed by atoms with Gasteiger partial charge in [-0.25, -0.2) is 4.39 Å². The molecule has 2 aromatic carbocycles. The zero-order chi connectivity index (χ0) is 20.6. The molecule has 3 rings (SSSR count). The first-order chi connectivity index (χ1) is 14.0. The number of rotatable bonds is 7. The first-order valence-corrected chi connectivity index (χ1v) is 9.92. The van der Waals surface area contributed by atoms with Crippen molar-refractivity contribution in [2.24, 2.45) is 0 Å². The number of nitrogens with one attached hydrogen (secondary N) is 3. The third-order valence-electron chi connectivity index (χ3n) is 5.01. The van der Waals surface area contributed by atoms with Crippen LogP contribution in [0.1, 0.15) is 32.7 Å². The van der Waals surface area contributed by atoms with E-state index >= 15 is 0 Å². The SMILES string of the molecule is Cc1ccc(C(=O)NCCCN2CCNCC2)cc1NC(=O)c1ccccc1F.Cl. The van der Waals surface area contributed by atoms with E-state index in [1.807, 2.05) is 6.92 Å². The lowest BCUT2D eigenvalue weighted by Gasteiger charge is -2.27. The number of anilines is 1. The minimum absolute atomic E-state index is 0. The quantitative estimate of drug-likeness (QED) is 0.586. The smallest absolute Gasteiger partial charge is 0.258 e. The van der Waals surface area contributed by atoms with E-state index < -0.39 is 11.7 Å². The van der Waals surface area contributed by atoms with Crippen molar-refractivity contribution in [1.82, 2.24) is 15.5 Å². The number of hydrogen-bond donors (Lipinski definition) is 3. The van der Waals surface area contributed by atoms with Crippen molar-refractivity contribution in [3.63, 3.8) is 0 Å². The molecule has 0 spiro atoms. The van der Waals surface area contributed by atoms with Crippen molar-refractivity contribution < 1.29 is 14.0 Å². The Hall–Kier alpha value is -2.48. The average molecular weight is 435 g/mol. The summed E-state index contributed by atoms with van der Waals surface area (Å²) in [5, 5.41) is 8.95. The molecule has 30 heavy (non-hydrogen) atoms. The molecule has 0 unspecified atom stereocenters. The van der Waals surface area contributed by atoms with Gasteiger partial charge in [0.2, 0.25) is 0 Å². The Bertz CT molecular complexity index is 872. The third kappa shape index (κ3) is 6.52. The second-order valence-electron chi connectivity index (χ2n) is 7.16. The van der Waals surface area contributed by atoms with Gasteiger partial charge in [0.05, 0.1) is 5.56 Å². The van der Waals surface area contributed by atoms with Crippen LogP contribution >= 0.6 is 12.4 Å². The van der Waals surface area contributed by atoms with E-state index in [1.165, 1.54) is 18.2 Å². The second-order valence-corrected chi connectivity index (χ2v) is 7.16. The number of aryl methyl sites for hydroxylation is 1. The first-order valence-electron chi connectivity index (χ1n) is 9.92. The summed E-state index contributed by atoms with van der Waals surface area (Å²) in [6, 6.07) is 10.9. The highest BCUT2D eigenvalue weighted by molar-refractivity contribution is 6.05. The number of hydrogen-bond acceptors (Lipinski definition) is 4. The van der Waals surface area contributed by atoms with Crippen molar-refractivity contribution in [1.29, 1.82) is 0 Å². The molecule has 1 heterocycles. The fourth-order valence-corrected chi connectivity index (χ4v) is 3.27. The highest BCUT2D eigenvalue weighted by atomic mass is 35.5. The predicted molar refractivity (Wildman–Crippen MR) is 119 cm³/mol. The molecule has 2 aromatic rings. The highest BCUT2D eigenvalue weighted by Gasteiger charge is 2.14. The molecule has 2 amide bonds. The molecule has 1 aliphatic rings. The van der Waals surface area contributed by atoms with E-state index in [1.54, 1.807) is 24.3 Å². The van der Waals surface area contributed by atoms with E-state index in [9.17, 15) is 14.0 Å². The van der Waals surface area contributed by atoms with E-state index in [0.717, 1.165) is 44.7 Å². The molecule has 3 N–H and O–H groups in total. The van der Waals surface area contributed by atoms with Crippen molar-refractivity contribution >= 4 is 29.9 Å². The monoisotopic (exact) mass is 434 g/mol. The summed E-state index contributed by atoms with van der Waals surface area (Å²) in [5.41, 5.74) is 1.72. The summed E-state index contributed by atoms with van der Waals surface area (Å²) in [7, 11) is 0. The molecule has 0 saturated carbocycles. The van der Waals surface area contributed by atoms with Gasteiger partial charge in [0.25, 0.3) is 11.8 Å². The summed E-state index contributed by atoms with van der Waals surface area (Å²) in [5.74, 6) is -1.31. The molecular formula is C22H28ClFN4O2. The van der Waals surface area contributed by atoms with Crippen molar-refractivity contribution in [2.75, 3.05) is 44.6 Å². The highest BCUT2D eigenvalue weighted by Crippen LogP contribution is 2.19. The fourth-order valence-electron chi connectivity index (χ4n) is 3.27. The van der Waals surface area contributed by atoms with Crippen molar-refractivity contribution in [3.8, 4) is 0 Å². The number of benzene rings is 2. The van der Waals surface area contributed by atoms with Crippen LogP contribution in [-0.4, -0.2) is 56.0 Å². The number of halogens is 2. The van der Waals surface area contributed by atoms with E-state index in [0.29, 0.717) is 17.8 Å². The van der Waals surface area contributed by atoms with E-state index in [2.05, 4.69) is 20.9 Å². The molecule has 1 aliphatic heterocycles. The van der Waals surface area contributed by atoms with Gasteiger partial charge >= 0.3 is 0 Å². The number of nitrogens with zero attached hydrogens (tertiary/aromatic N) is 1. The number of amides is 2. The van der Waals surface area contributed by atoms with Gasteiger partial charge in [-0.15, -0.1) is 12.4 Å². The molecule has 1 saturated heterocycles. The van der Waals surface area contributed by atoms with Crippen LogP contribution in [0.25, 0.3) is 0 Å². The summed E-state index contributed by atoms with van der Waals surface area (Å²) in [6.45, 7) is 7.47. The minimum Gasteiger partial charge on any atom is -0.352 e. The van der Waals surface area contributed by atoms with Crippen LogP contribution in [0.2, 0.25) is 0 Å². The van der Waals surface area contributed by atoms with Crippen LogP contribution in [0.15, 0.2) is 42.5 Å². The van der Waals surface area contributed by atoms with Crippen LogP contribution < -0.4 is 16.0 Å². The molecule has 8 heteroatoms. The molecule has 162 valence electrons. The van der Waals surface area contributed by atoms with Gasteiger partial charge in [0.1, 0.15) is 5.82 Å². The molecule has 1 fully saturated rings. The van der Waals surface area contributed by atoms with Crippen LogP contribution in [0.3, 0.4) is 0 Å². The summed E-state index contributed by atoms with van der Waals surface area (Å²) >= 11 is 0. The Kier molecular flexibility index (Phi) is 9.23. The topological polar surface area (TPSA) is 73.5 Å². The standard InChI is InChI=1S/C22H27FN4O2.ClH/c1-16-7-8-17(21(28)25-9-4-12-27-13-10-24-11-14-27)15-20(16)26-22(29)18-5-2-3-6-19(18)23;/h2-3,5-8,15,24H,4,9-14H2,1H3,(H,25,28)(H,26,29);1H. The zero-order valence-electron chi connectivity index (χ0n) is 17.0. The Labute approximate surface area is 182 Å². The van der Waals surface area contributed by atoms with Crippen molar-refractivity contribution in [2.45, 2.75) is 13.3 Å². The molecule has 0 aliphatic carbocycles. The molecule has 0 aromatic heterocycles. The van der Waals surface area contributed by atoms with Gasteiger partial charge in [0, 0.05) is 44.0 Å². The lowest BCUT2D eigenvalue weighted by Crippen LogP contribution is -2.44. The van der Waals surface area contributed by atoms with E-state index in [-0.39, 0.29) is 23.9 Å². The Morgan fingerprint density at radius 2 is 1.83 bits per heavy atom. The maximum absolute atomic E-state index is 13.8. The van der Waals surface area contributed by atoms with E-state index in [4.69, 9.17) is 0 Å². The molecule has 0 atom stereocenters. The Balaban J connectivity index is 0.00000320.